The fourth-order valence-corrected chi connectivity index (χ4v) is 3.00. The lowest BCUT2D eigenvalue weighted by Gasteiger charge is -2.17. The molecule has 10 heavy (non-hydrogen) atoms. The molecule has 1 radical (unpaired) electrons. The van der Waals surface area contributed by atoms with Crippen molar-refractivity contribution in [2.45, 2.75) is 13.8 Å². The lowest BCUT2D eigenvalue weighted by molar-refractivity contribution is 0.281. The lowest BCUT2D eigenvalue weighted by atomic mass is 10.9. The molecule has 0 fully saturated rings. The van der Waals surface area contributed by atoms with Gasteiger partial charge in [-0.25, -0.2) is 0 Å². The second kappa shape index (κ2) is 5.56. The third kappa shape index (κ3) is 3.94. The molecule has 2 nitrogen and oxygen atoms in total. The molecule has 0 atom stereocenters. The molecule has 61 valence electrons. The van der Waals surface area contributed by atoms with Crippen LogP contribution in [-0.2, 0) is 20.9 Å². The molecule has 0 amide bonds. The molecule has 0 aromatic heterocycles. The first-order chi connectivity index (χ1) is 4.68. The van der Waals surface area contributed by atoms with Gasteiger partial charge in [0.2, 0.25) is 5.69 Å². The van der Waals surface area contributed by atoms with Crippen molar-refractivity contribution in [1.29, 1.82) is 0 Å². The predicted octanol–water partition coefficient (Wildman–Crippen LogP) is 2.81. The Morgan fingerprint density at radius 1 is 1.40 bits per heavy atom. The largest absolute Gasteiger partial charge is 0.322 e. The first-order valence-electron chi connectivity index (χ1n) is 3.01. The predicted molar refractivity (Wildman–Crippen MR) is 50.5 cm³/mol. The summed E-state index contributed by atoms with van der Waals surface area (Å²) in [5.41, 5.74) is -2.06. The Bertz CT molecular complexity index is 119. The van der Waals surface area contributed by atoms with Crippen molar-refractivity contribution in [3.63, 3.8) is 0 Å². The Morgan fingerprint density at radius 3 is 2.00 bits per heavy atom. The summed E-state index contributed by atoms with van der Waals surface area (Å²) in [6.07, 6.45) is 3.61. The van der Waals surface area contributed by atoms with Gasteiger partial charge in [0.05, 0.1) is 13.2 Å². The van der Waals surface area contributed by atoms with Gasteiger partial charge in [0.15, 0.2) is 0 Å². The molecule has 0 saturated carbocycles. The molecule has 0 aromatic rings. The van der Waals surface area contributed by atoms with Gasteiger partial charge in [-0.2, -0.15) is 0 Å². The summed E-state index contributed by atoms with van der Waals surface area (Å²) in [5.74, 6) is 0. The van der Waals surface area contributed by atoms with Gasteiger partial charge in [0.1, 0.15) is 0 Å². The van der Waals surface area contributed by atoms with Crippen molar-refractivity contribution in [3.8, 4) is 0 Å². The molecular weight excluding hydrogens is 187 g/mol. The van der Waals surface area contributed by atoms with Gasteiger partial charge >= 0.3 is 0 Å². The van der Waals surface area contributed by atoms with E-state index in [0.717, 1.165) is 0 Å². The zero-order chi connectivity index (χ0) is 8.04. The van der Waals surface area contributed by atoms with Crippen LogP contribution in [0.5, 0.6) is 0 Å². The van der Waals surface area contributed by atoms with E-state index in [1.54, 1.807) is 0 Å². The normalized spacial score (nSPS) is 11.9. The van der Waals surface area contributed by atoms with Crippen LogP contribution in [0.2, 0.25) is 0 Å². The highest BCUT2D eigenvalue weighted by Gasteiger charge is 2.14. The van der Waals surface area contributed by atoms with Crippen molar-refractivity contribution in [1.82, 2.24) is 0 Å². The van der Waals surface area contributed by atoms with Gasteiger partial charge in [-0.1, -0.05) is 11.4 Å². The molecule has 0 unspecified atom stereocenters. The molecule has 0 aliphatic carbocycles. The second-order valence-corrected chi connectivity index (χ2v) is 7.43. The minimum Gasteiger partial charge on any atom is -0.322 e. The summed E-state index contributed by atoms with van der Waals surface area (Å²) in [7, 11) is 0. The first kappa shape index (κ1) is 10.9. The van der Waals surface area contributed by atoms with E-state index in [9.17, 15) is 0 Å². The minimum atomic E-state index is -2.06. The molecule has 0 N–H and O–H groups in total. The third-order valence-electron chi connectivity index (χ3n) is 0.733. The highest BCUT2D eigenvalue weighted by molar-refractivity contribution is 8.68. The molecular formula is C5H12O2PS2. The van der Waals surface area contributed by atoms with Crippen LogP contribution in [0.15, 0.2) is 0 Å². The Kier molecular flexibility index (Phi) is 6.07. The van der Waals surface area contributed by atoms with E-state index in [4.69, 9.17) is 20.9 Å². The number of hydrogen-bond donors (Lipinski definition) is 0. The Labute approximate surface area is 71.6 Å². The van der Waals surface area contributed by atoms with Gasteiger partial charge in [-0.05, 0) is 25.7 Å². The van der Waals surface area contributed by atoms with Gasteiger partial charge in [-0.3, -0.25) is 0 Å². The maximum Gasteiger partial charge on any atom is 0.247 e. The number of rotatable bonds is 5. The van der Waals surface area contributed by atoms with E-state index in [1.165, 1.54) is 11.4 Å². The summed E-state index contributed by atoms with van der Waals surface area (Å²) < 4.78 is 10.4. The molecule has 0 saturated heterocycles. The zero-order valence-electron chi connectivity index (χ0n) is 6.20. The fourth-order valence-electron chi connectivity index (χ4n) is 0.428. The van der Waals surface area contributed by atoms with E-state index in [1.807, 2.05) is 13.8 Å². The van der Waals surface area contributed by atoms with Crippen molar-refractivity contribution >= 4 is 28.9 Å². The fraction of sp³-hybridized carbons (Fsp3) is 0.800. The first-order valence-corrected chi connectivity index (χ1v) is 7.24. The topological polar surface area (TPSA) is 18.5 Å². The van der Waals surface area contributed by atoms with Crippen LogP contribution in [0.4, 0.5) is 0 Å². The highest BCUT2D eigenvalue weighted by atomic mass is 32.9. The standard InChI is InChI=1S/C5H12O2PS2/c1-4-6-8(9,10-3)7-5-2/h3-5H2,1-2H3. The second-order valence-electron chi connectivity index (χ2n) is 1.41. The summed E-state index contributed by atoms with van der Waals surface area (Å²) in [6, 6.07) is 0. The van der Waals surface area contributed by atoms with Crippen molar-refractivity contribution in [2.24, 2.45) is 0 Å². The summed E-state index contributed by atoms with van der Waals surface area (Å²) >= 11 is 6.32. The zero-order valence-corrected chi connectivity index (χ0v) is 8.73. The van der Waals surface area contributed by atoms with Gasteiger partial charge in [0, 0.05) is 6.26 Å². The van der Waals surface area contributed by atoms with Crippen LogP contribution in [0, 0.1) is 6.26 Å². The summed E-state index contributed by atoms with van der Waals surface area (Å²) in [5, 5.41) is 0. The number of hydrogen-bond acceptors (Lipinski definition) is 4. The average molecular weight is 199 g/mol. The Balaban J connectivity index is 3.83. The smallest absolute Gasteiger partial charge is 0.247 e. The lowest BCUT2D eigenvalue weighted by Crippen LogP contribution is -1.90. The SMILES string of the molecule is [CH2]SP(=S)(OCC)OCC. The molecule has 0 spiro atoms. The van der Waals surface area contributed by atoms with E-state index in [0.29, 0.717) is 13.2 Å². The van der Waals surface area contributed by atoms with E-state index in [2.05, 4.69) is 6.26 Å². The van der Waals surface area contributed by atoms with Gasteiger partial charge in [-0.15, -0.1) is 0 Å². The molecule has 0 aliphatic heterocycles. The average Bonchev–Trinajstić information content (AvgIpc) is 1.89. The summed E-state index contributed by atoms with van der Waals surface area (Å²) in [4.78, 5) is 0. The summed E-state index contributed by atoms with van der Waals surface area (Å²) in [6.45, 7) is 4.99. The molecule has 0 heterocycles. The Morgan fingerprint density at radius 2 is 1.80 bits per heavy atom. The van der Waals surface area contributed by atoms with Crippen LogP contribution in [0.3, 0.4) is 0 Å². The molecule has 5 heteroatoms. The van der Waals surface area contributed by atoms with Crippen LogP contribution in [0.25, 0.3) is 0 Å². The van der Waals surface area contributed by atoms with E-state index in [-0.39, 0.29) is 0 Å². The monoisotopic (exact) mass is 199 g/mol. The van der Waals surface area contributed by atoms with E-state index < -0.39 is 5.69 Å². The molecule has 0 aromatic carbocycles. The van der Waals surface area contributed by atoms with Crippen LogP contribution < -0.4 is 0 Å². The van der Waals surface area contributed by atoms with E-state index >= 15 is 0 Å². The molecule has 0 bridgehead atoms. The minimum absolute atomic E-state index is 0.597. The highest BCUT2D eigenvalue weighted by Crippen LogP contribution is 2.60. The van der Waals surface area contributed by atoms with Gasteiger partial charge < -0.3 is 9.05 Å². The van der Waals surface area contributed by atoms with Crippen LogP contribution >= 0.6 is 17.1 Å². The van der Waals surface area contributed by atoms with Crippen molar-refractivity contribution in [3.05, 3.63) is 6.26 Å². The molecule has 0 aliphatic rings. The van der Waals surface area contributed by atoms with Crippen LogP contribution in [-0.4, -0.2) is 13.2 Å². The van der Waals surface area contributed by atoms with Crippen LogP contribution in [0.1, 0.15) is 13.8 Å². The maximum absolute atomic E-state index is 5.22. The maximum atomic E-state index is 5.22. The third-order valence-corrected chi connectivity index (χ3v) is 5.36. The quantitative estimate of drug-likeness (QED) is 0.633. The van der Waals surface area contributed by atoms with Gasteiger partial charge in [0.25, 0.3) is 0 Å². The Hall–Kier alpha value is 0.920. The van der Waals surface area contributed by atoms with Crippen molar-refractivity contribution in [2.75, 3.05) is 13.2 Å². The van der Waals surface area contributed by atoms with Crippen molar-refractivity contribution < 1.29 is 9.05 Å². The molecule has 0 rings (SSSR count).